The number of imidazole rings is 1. The quantitative estimate of drug-likeness (QED) is 0.0927. The Morgan fingerprint density at radius 2 is 1.80 bits per heavy atom. The first-order chi connectivity index (χ1) is 21.7. The van der Waals surface area contributed by atoms with Gasteiger partial charge in [0, 0.05) is 19.0 Å². The van der Waals surface area contributed by atoms with Crippen LogP contribution in [0.15, 0.2) is 55.6 Å². The summed E-state index contributed by atoms with van der Waals surface area (Å²) in [5.41, 5.74) is 0.625. The van der Waals surface area contributed by atoms with Gasteiger partial charge >= 0.3 is 12.1 Å². The number of aromatic nitrogens is 4. The molecule has 2 atom stereocenters. The summed E-state index contributed by atoms with van der Waals surface area (Å²) in [6.45, 7) is 13.8. The van der Waals surface area contributed by atoms with Crippen molar-refractivity contribution in [3.8, 4) is 17.3 Å². The van der Waals surface area contributed by atoms with Gasteiger partial charge in [0.1, 0.15) is 22.3 Å². The van der Waals surface area contributed by atoms with Gasteiger partial charge in [-0.05, 0) is 77.3 Å². The molecule has 4 rings (SSSR count). The molecule has 2 unspecified atom stereocenters. The number of fused-ring (bicyclic) bond motifs is 2. The van der Waals surface area contributed by atoms with Crippen molar-refractivity contribution in [2.75, 3.05) is 7.11 Å². The van der Waals surface area contributed by atoms with E-state index in [9.17, 15) is 22.8 Å². The summed E-state index contributed by atoms with van der Waals surface area (Å²) >= 11 is 0. The smallest absolute Gasteiger partial charge is 0.403 e. The second-order valence-electron chi connectivity index (χ2n) is 11.8. The molecule has 0 bridgehead atoms. The zero-order valence-electron chi connectivity index (χ0n) is 27.0. The largest absolute Gasteiger partial charge is 0.494 e. The van der Waals surface area contributed by atoms with Gasteiger partial charge in [0.05, 0.1) is 41.7 Å². The maximum absolute atomic E-state index is 13.9. The van der Waals surface area contributed by atoms with Gasteiger partial charge in [-0.2, -0.15) is 13.2 Å². The van der Waals surface area contributed by atoms with Gasteiger partial charge in [-0.25, -0.2) is 14.8 Å². The highest BCUT2D eigenvalue weighted by atomic mass is 19.4. The molecular weight excluding hydrogens is 599 g/mol. The highest BCUT2D eigenvalue weighted by Crippen LogP contribution is 2.42. The van der Waals surface area contributed by atoms with E-state index in [4.69, 9.17) is 19.4 Å². The van der Waals surface area contributed by atoms with E-state index >= 15 is 0 Å². The summed E-state index contributed by atoms with van der Waals surface area (Å²) in [4.78, 5) is 35.3. The van der Waals surface area contributed by atoms with Gasteiger partial charge in [-0.3, -0.25) is 4.79 Å². The summed E-state index contributed by atoms with van der Waals surface area (Å²) in [6.07, 6.45) is -1.23. The van der Waals surface area contributed by atoms with Crippen molar-refractivity contribution in [2.45, 2.75) is 71.8 Å². The van der Waals surface area contributed by atoms with Crippen molar-refractivity contribution in [3.63, 3.8) is 0 Å². The standard InChI is InChI=1S/C34H40F3N5O4/c1-9-11-12-16-42-26(30-40-25-17-23(31(43)46-20(3)4)19-27(45-8)28(25)41(30)7)18-22-13-14-24(39-29(22)42)21(5)38-32(44)33(6,15-10-2)34(35,36)37/h9-10,13-14,17-21H,1-2,11-12,15-16H2,3-8H3,(H,38,44). The normalized spacial score (nSPS) is 13.9. The molecule has 1 aromatic carbocycles. The zero-order chi connectivity index (χ0) is 34.0. The maximum Gasteiger partial charge on any atom is 0.403 e. The number of nitrogens with zero attached hydrogens (tertiary/aromatic N) is 4. The third kappa shape index (κ3) is 6.52. The predicted octanol–water partition coefficient (Wildman–Crippen LogP) is 7.45. The number of alkyl halides is 3. The fourth-order valence-corrected chi connectivity index (χ4v) is 5.34. The van der Waals surface area contributed by atoms with Gasteiger partial charge in [-0.15, -0.1) is 13.2 Å². The number of unbranched alkanes of at least 4 members (excludes halogenated alkanes) is 1. The first-order valence-corrected chi connectivity index (χ1v) is 15.0. The molecule has 0 aliphatic carbocycles. The number of nitrogens with one attached hydrogen (secondary N) is 1. The Labute approximate surface area is 266 Å². The summed E-state index contributed by atoms with van der Waals surface area (Å²) in [5.74, 6) is -0.593. The monoisotopic (exact) mass is 639 g/mol. The van der Waals surface area contributed by atoms with Crippen LogP contribution in [-0.2, 0) is 23.1 Å². The Balaban J connectivity index is 1.81. The molecule has 0 aliphatic rings. The lowest BCUT2D eigenvalue weighted by Gasteiger charge is -2.31. The Bertz CT molecular complexity index is 1790. The minimum atomic E-state index is -4.76. The molecule has 3 aromatic heterocycles. The Kier molecular flexibility index (Phi) is 9.98. The van der Waals surface area contributed by atoms with Crippen LogP contribution in [0.3, 0.4) is 0 Å². The summed E-state index contributed by atoms with van der Waals surface area (Å²) < 4.78 is 56.5. The molecule has 0 fully saturated rings. The van der Waals surface area contributed by atoms with Crippen molar-refractivity contribution in [2.24, 2.45) is 12.5 Å². The number of methoxy groups -OCH3 is 1. The van der Waals surface area contributed by atoms with Gasteiger partial charge in [0.25, 0.3) is 0 Å². The fourth-order valence-electron chi connectivity index (χ4n) is 5.34. The summed E-state index contributed by atoms with van der Waals surface area (Å²) in [6, 6.07) is 7.93. The number of carbonyl (C=O) groups excluding carboxylic acids is 2. The van der Waals surface area contributed by atoms with Crippen LogP contribution in [0.25, 0.3) is 33.6 Å². The van der Waals surface area contributed by atoms with E-state index in [1.165, 1.54) is 7.11 Å². The molecule has 46 heavy (non-hydrogen) atoms. The molecule has 0 saturated heterocycles. The Morgan fingerprint density at radius 1 is 1.09 bits per heavy atom. The Hall–Kier alpha value is -4.61. The van der Waals surface area contributed by atoms with Gasteiger partial charge < -0.3 is 23.9 Å². The number of aryl methyl sites for hydroxylation is 2. The summed E-state index contributed by atoms with van der Waals surface area (Å²) in [5, 5.41) is 3.29. The third-order valence-electron chi connectivity index (χ3n) is 7.99. The van der Waals surface area contributed by atoms with E-state index < -0.39 is 35.9 Å². The number of rotatable bonds is 13. The number of esters is 1. The second-order valence-corrected chi connectivity index (χ2v) is 11.8. The first kappa shape index (κ1) is 34.3. The van der Waals surface area contributed by atoms with E-state index in [0.29, 0.717) is 46.1 Å². The number of hydrogen-bond donors (Lipinski definition) is 1. The van der Waals surface area contributed by atoms with E-state index in [1.54, 1.807) is 39.0 Å². The third-order valence-corrected chi connectivity index (χ3v) is 7.99. The van der Waals surface area contributed by atoms with E-state index in [1.807, 2.05) is 34.4 Å². The number of allylic oxidation sites excluding steroid dienone is 2. The molecule has 4 aromatic rings. The first-order valence-electron chi connectivity index (χ1n) is 15.0. The van der Waals surface area contributed by atoms with Crippen LogP contribution in [0.1, 0.15) is 69.1 Å². The molecule has 12 heteroatoms. The SMILES string of the molecule is C=CCCCn1c(-c2nc3cc(C(=O)OC(C)C)cc(OC)c3n2C)cc2ccc(C(C)NC(=O)C(C)(CC=C)C(F)(F)F)nc21. The minimum Gasteiger partial charge on any atom is -0.494 e. The number of pyridine rings is 1. The molecule has 0 saturated carbocycles. The second kappa shape index (κ2) is 13.4. The van der Waals surface area contributed by atoms with Crippen LogP contribution in [0.2, 0.25) is 0 Å². The van der Waals surface area contributed by atoms with Crippen LogP contribution < -0.4 is 10.1 Å². The van der Waals surface area contributed by atoms with E-state index in [2.05, 4.69) is 18.5 Å². The lowest BCUT2D eigenvalue weighted by Crippen LogP contribution is -2.49. The lowest BCUT2D eigenvalue weighted by molar-refractivity contribution is -0.216. The molecular formula is C34H40F3N5O4. The average molecular weight is 640 g/mol. The molecule has 1 amide bonds. The molecule has 3 heterocycles. The van der Waals surface area contributed by atoms with E-state index in [-0.39, 0.29) is 6.10 Å². The minimum absolute atomic E-state index is 0.297. The predicted molar refractivity (Wildman–Crippen MR) is 172 cm³/mol. The number of amides is 1. The van der Waals surface area contributed by atoms with E-state index in [0.717, 1.165) is 36.9 Å². The fraction of sp³-hybridized carbons (Fsp3) is 0.412. The number of ether oxygens (including phenoxy) is 2. The average Bonchev–Trinajstić information content (AvgIpc) is 3.52. The molecule has 246 valence electrons. The van der Waals surface area contributed by atoms with Crippen LogP contribution in [0.4, 0.5) is 13.2 Å². The summed E-state index contributed by atoms with van der Waals surface area (Å²) in [7, 11) is 3.37. The number of hydrogen-bond acceptors (Lipinski definition) is 6. The van der Waals surface area contributed by atoms with Crippen LogP contribution in [0, 0.1) is 5.41 Å². The maximum atomic E-state index is 13.9. The van der Waals surface area contributed by atoms with Crippen molar-refractivity contribution in [1.29, 1.82) is 0 Å². The molecule has 9 nitrogen and oxygen atoms in total. The van der Waals surface area contributed by atoms with Crippen LogP contribution in [0.5, 0.6) is 5.75 Å². The molecule has 0 spiro atoms. The topological polar surface area (TPSA) is 100 Å². The number of carbonyl (C=O) groups is 2. The molecule has 0 radical (unpaired) electrons. The van der Waals surface area contributed by atoms with Crippen LogP contribution >= 0.6 is 0 Å². The van der Waals surface area contributed by atoms with Crippen molar-refractivity contribution in [3.05, 3.63) is 66.9 Å². The van der Waals surface area contributed by atoms with Gasteiger partial charge in [0.2, 0.25) is 5.91 Å². The highest BCUT2D eigenvalue weighted by molar-refractivity contribution is 5.97. The zero-order valence-corrected chi connectivity index (χ0v) is 27.0. The van der Waals surface area contributed by atoms with Gasteiger partial charge in [-0.1, -0.05) is 12.2 Å². The molecule has 0 aliphatic heterocycles. The van der Waals surface area contributed by atoms with Crippen molar-refractivity contribution >= 4 is 33.9 Å². The number of benzene rings is 1. The Morgan fingerprint density at radius 3 is 2.41 bits per heavy atom. The highest BCUT2D eigenvalue weighted by Gasteiger charge is 2.55. The number of halogens is 3. The van der Waals surface area contributed by atoms with Crippen molar-refractivity contribution < 1.29 is 32.2 Å². The van der Waals surface area contributed by atoms with Crippen LogP contribution in [-0.4, -0.2) is 50.4 Å². The van der Waals surface area contributed by atoms with Gasteiger partial charge in [0.15, 0.2) is 5.82 Å². The lowest BCUT2D eigenvalue weighted by atomic mass is 9.84. The molecule has 1 N–H and O–H groups in total. The van der Waals surface area contributed by atoms with Crippen molar-refractivity contribution in [1.82, 2.24) is 24.4 Å².